The molecule has 0 spiro atoms. The fraction of sp³-hybridized carbons (Fsp3) is 0.263. The topological polar surface area (TPSA) is 39.7 Å². The van der Waals surface area contributed by atoms with Crippen molar-refractivity contribution in [3.63, 3.8) is 0 Å². The molecule has 1 aliphatic heterocycles. The summed E-state index contributed by atoms with van der Waals surface area (Å²) in [7, 11) is 0. The lowest BCUT2D eigenvalue weighted by atomic mass is 10.1. The Hall–Kier alpha value is -2.37. The Kier molecular flexibility index (Phi) is 5.46. The van der Waals surface area contributed by atoms with Crippen LogP contribution in [-0.2, 0) is 4.74 Å². The number of ether oxygens (including phenoxy) is 3. The minimum absolute atomic E-state index is 0.102. The van der Waals surface area contributed by atoms with E-state index >= 15 is 0 Å². The van der Waals surface area contributed by atoms with Crippen molar-refractivity contribution in [3.05, 3.63) is 67.0 Å². The SMILES string of the molecule is C=CC(Oc1ccccc1Oc1ccc(F)cc1)[C@@H]1CNCCO1. The predicted molar refractivity (Wildman–Crippen MR) is 90.1 cm³/mol. The van der Waals surface area contributed by atoms with Crippen molar-refractivity contribution in [1.82, 2.24) is 5.32 Å². The van der Waals surface area contributed by atoms with Gasteiger partial charge in [-0.1, -0.05) is 18.7 Å². The molecule has 4 nitrogen and oxygen atoms in total. The van der Waals surface area contributed by atoms with Crippen molar-refractivity contribution in [2.24, 2.45) is 0 Å². The zero-order valence-corrected chi connectivity index (χ0v) is 13.3. The van der Waals surface area contributed by atoms with E-state index in [-0.39, 0.29) is 18.0 Å². The van der Waals surface area contributed by atoms with E-state index in [0.29, 0.717) is 30.4 Å². The van der Waals surface area contributed by atoms with Crippen LogP contribution >= 0.6 is 0 Å². The number of rotatable bonds is 6. The molecule has 0 saturated carbocycles. The number of hydrogen-bond donors (Lipinski definition) is 1. The molecule has 1 N–H and O–H groups in total. The summed E-state index contributed by atoms with van der Waals surface area (Å²) in [6.45, 7) is 6.03. The van der Waals surface area contributed by atoms with Crippen molar-refractivity contribution >= 4 is 0 Å². The third kappa shape index (κ3) is 4.13. The summed E-state index contributed by atoms with van der Waals surface area (Å²) in [6.07, 6.45) is 1.33. The first-order valence-corrected chi connectivity index (χ1v) is 7.90. The van der Waals surface area contributed by atoms with Crippen LogP contribution in [-0.4, -0.2) is 31.9 Å². The first-order chi connectivity index (χ1) is 11.8. The summed E-state index contributed by atoms with van der Waals surface area (Å²) in [4.78, 5) is 0. The molecule has 2 aromatic carbocycles. The third-order valence-corrected chi connectivity index (χ3v) is 3.71. The highest BCUT2D eigenvalue weighted by Gasteiger charge is 2.24. The molecular formula is C19H20FNO3. The van der Waals surface area contributed by atoms with Crippen molar-refractivity contribution in [2.75, 3.05) is 19.7 Å². The molecule has 1 fully saturated rings. The van der Waals surface area contributed by atoms with Gasteiger partial charge >= 0.3 is 0 Å². The van der Waals surface area contributed by atoms with E-state index in [0.717, 1.165) is 6.54 Å². The summed E-state index contributed by atoms with van der Waals surface area (Å²) in [5.74, 6) is 1.37. The second-order valence-electron chi connectivity index (χ2n) is 5.43. The van der Waals surface area contributed by atoms with Crippen LogP contribution in [0.2, 0.25) is 0 Å². The number of para-hydroxylation sites is 2. The van der Waals surface area contributed by atoms with Crippen molar-refractivity contribution in [3.8, 4) is 17.2 Å². The lowest BCUT2D eigenvalue weighted by Gasteiger charge is -2.29. The van der Waals surface area contributed by atoms with Crippen LogP contribution in [0.25, 0.3) is 0 Å². The summed E-state index contributed by atoms with van der Waals surface area (Å²) in [6, 6.07) is 13.2. The van der Waals surface area contributed by atoms with Gasteiger partial charge in [0.25, 0.3) is 0 Å². The lowest BCUT2D eigenvalue weighted by molar-refractivity contribution is -0.0254. The van der Waals surface area contributed by atoms with Crippen LogP contribution in [0, 0.1) is 5.82 Å². The Morgan fingerprint density at radius 2 is 1.92 bits per heavy atom. The summed E-state index contributed by atoms with van der Waals surface area (Å²) in [5, 5.41) is 3.28. The first kappa shape index (κ1) is 16.5. The van der Waals surface area contributed by atoms with Crippen LogP contribution in [0.3, 0.4) is 0 Å². The van der Waals surface area contributed by atoms with Crippen LogP contribution in [0.1, 0.15) is 0 Å². The maximum atomic E-state index is 13.0. The van der Waals surface area contributed by atoms with Crippen LogP contribution in [0.15, 0.2) is 61.2 Å². The van der Waals surface area contributed by atoms with Crippen molar-refractivity contribution in [1.29, 1.82) is 0 Å². The van der Waals surface area contributed by atoms with Crippen LogP contribution in [0.4, 0.5) is 4.39 Å². The minimum Gasteiger partial charge on any atom is -0.480 e. The molecule has 1 saturated heterocycles. The Morgan fingerprint density at radius 1 is 1.17 bits per heavy atom. The fourth-order valence-electron chi connectivity index (χ4n) is 2.48. The largest absolute Gasteiger partial charge is 0.480 e. The van der Waals surface area contributed by atoms with Gasteiger partial charge in [0.1, 0.15) is 23.8 Å². The normalized spacial score (nSPS) is 18.6. The standard InChI is InChI=1S/C19H20FNO3/c1-2-16(19-13-21-11-12-22-19)24-18-6-4-3-5-17(18)23-15-9-7-14(20)8-10-15/h2-10,16,19,21H,1,11-13H2/t16?,19-/m0/s1. The van der Waals surface area contributed by atoms with E-state index in [1.54, 1.807) is 24.3 Å². The lowest BCUT2D eigenvalue weighted by Crippen LogP contribution is -2.46. The van der Waals surface area contributed by atoms with E-state index in [9.17, 15) is 4.39 Å². The van der Waals surface area contributed by atoms with E-state index in [1.807, 2.05) is 18.2 Å². The second kappa shape index (κ2) is 7.95. The molecular weight excluding hydrogens is 309 g/mol. The van der Waals surface area contributed by atoms with E-state index < -0.39 is 0 Å². The van der Waals surface area contributed by atoms with Gasteiger partial charge in [0.2, 0.25) is 0 Å². The Bertz CT molecular complexity index is 669. The second-order valence-corrected chi connectivity index (χ2v) is 5.43. The minimum atomic E-state index is -0.305. The van der Waals surface area contributed by atoms with Gasteiger partial charge in [0, 0.05) is 13.1 Å². The Labute approximate surface area is 140 Å². The number of hydrogen-bond acceptors (Lipinski definition) is 4. The molecule has 3 rings (SSSR count). The molecule has 0 aliphatic carbocycles. The van der Waals surface area contributed by atoms with E-state index in [2.05, 4.69) is 11.9 Å². The molecule has 0 aromatic heterocycles. The molecule has 0 amide bonds. The van der Waals surface area contributed by atoms with Crippen LogP contribution < -0.4 is 14.8 Å². The molecule has 5 heteroatoms. The van der Waals surface area contributed by atoms with E-state index in [4.69, 9.17) is 14.2 Å². The molecule has 0 radical (unpaired) electrons. The average molecular weight is 329 g/mol. The maximum absolute atomic E-state index is 13.0. The maximum Gasteiger partial charge on any atom is 0.169 e. The van der Waals surface area contributed by atoms with Gasteiger partial charge in [-0.15, -0.1) is 0 Å². The molecule has 2 atom stereocenters. The van der Waals surface area contributed by atoms with E-state index in [1.165, 1.54) is 12.1 Å². The molecule has 1 aliphatic rings. The van der Waals surface area contributed by atoms with Crippen LogP contribution in [0.5, 0.6) is 17.2 Å². The molecule has 24 heavy (non-hydrogen) atoms. The molecule has 2 aromatic rings. The summed E-state index contributed by atoms with van der Waals surface area (Å²) >= 11 is 0. The zero-order valence-electron chi connectivity index (χ0n) is 13.3. The number of nitrogens with one attached hydrogen (secondary N) is 1. The van der Waals surface area contributed by atoms with Gasteiger partial charge in [-0.05, 0) is 42.5 Å². The van der Waals surface area contributed by atoms with Crippen molar-refractivity contribution < 1.29 is 18.6 Å². The highest BCUT2D eigenvalue weighted by atomic mass is 19.1. The summed E-state index contributed by atoms with van der Waals surface area (Å²) < 4.78 is 30.6. The predicted octanol–water partition coefficient (Wildman–Crippen LogP) is 3.54. The smallest absolute Gasteiger partial charge is 0.169 e. The number of benzene rings is 2. The Morgan fingerprint density at radius 3 is 2.58 bits per heavy atom. The summed E-state index contributed by atoms with van der Waals surface area (Å²) in [5.41, 5.74) is 0. The quantitative estimate of drug-likeness (QED) is 0.823. The molecule has 126 valence electrons. The zero-order chi connectivity index (χ0) is 16.8. The highest BCUT2D eigenvalue weighted by Crippen LogP contribution is 2.32. The average Bonchev–Trinajstić information content (AvgIpc) is 2.63. The fourth-order valence-corrected chi connectivity index (χ4v) is 2.48. The van der Waals surface area contributed by atoms with Gasteiger partial charge in [0.15, 0.2) is 11.5 Å². The first-order valence-electron chi connectivity index (χ1n) is 7.90. The highest BCUT2D eigenvalue weighted by molar-refractivity contribution is 5.43. The van der Waals surface area contributed by atoms with Gasteiger partial charge in [-0.25, -0.2) is 4.39 Å². The van der Waals surface area contributed by atoms with Gasteiger partial charge in [0.05, 0.1) is 6.61 Å². The third-order valence-electron chi connectivity index (χ3n) is 3.71. The molecule has 1 unspecified atom stereocenters. The molecule has 1 heterocycles. The van der Waals surface area contributed by atoms with Gasteiger partial charge in [-0.2, -0.15) is 0 Å². The van der Waals surface area contributed by atoms with Gasteiger partial charge in [-0.3, -0.25) is 0 Å². The number of halogens is 1. The Balaban J connectivity index is 1.75. The monoisotopic (exact) mass is 329 g/mol. The van der Waals surface area contributed by atoms with Crippen molar-refractivity contribution in [2.45, 2.75) is 12.2 Å². The van der Waals surface area contributed by atoms with Gasteiger partial charge < -0.3 is 19.5 Å². The molecule has 0 bridgehead atoms. The number of morpholine rings is 1.